The van der Waals surface area contributed by atoms with Crippen molar-refractivity contribution >= 4 is 28.4 Å². The van der Waals surface area contributed by atoms with Gasteiger partial charge in [-0.25, -0.2) is 0 Å². The molecule has 2 saturated heterocycles. The topological polar surface area (TPSA) is 20.1 Å². The lowest BCUT2D eigenvalue weighted by atomic mass is 9.94. The summed E-state index contributed by atoms with van der Waals surface area (Å²) in [6, 6.07) is 0. The van der Waals surface area contributed by atoms with E-state index in [1.54, 1.807) is 0 Å². The summed E-state index contributed by atoms with van der Waals surface area (Å²) in [6.45, 7) is 5.24. The summed E-state index contributed by atoms with van der Waals surface area (Å²) >= 11 is 2.46. The molecular formula is C9H14INO. The Balaban J connectivity index is 2.14. The van der Waals surface area contributed by atoms with Crippen molar-refractivity contribution in [3.8, 4) is 0 Å². The molecule has 2 nitrogen and oxygen atoms in total. The molecule has 2 unspecified atom stereocenters. The minimum Gasteiger partial charge on any atom is -0.298 e. The second-order valence-corrected chi connectivity index (χ2v) is 5.27. The van der Waals surface area contributed by atoms with Crippen molar-refractivity contribution in [2.45, 2.75) is 36.3 Å². The van der Waals surface area contributed by atoms with Gasteiger partial charge in [0, 0.05) is 13.0 Å². The van der Waals surface area contributed by atoms with Crippen LogP contribution >= 0.6 is 22.6 Å². The van der Waals surface area contributed by atoms with Crippen LogP contribution in [0.4, 0.5) is 0 Å². The molecule has 0 radical (unpaired) electrons. The van der Waals surface area contributed by atoms with Crippen molar-refractivity contribution in [3.63, 3.8) is 0 Å². The third-order valence-electron chi connectivity index (χ3n) is 3.15. The number of piperidine rings is 1. The van der Waals surface area contributed by atoms with E-state index in [-0.39, 0.29) is 5.54 Å². The van der Waals surface area contributed by atoms with Crippen molar-refractivity contribution in [3.05, 3.63) is 0 Å². The van der Waals surface area contributed by atoms with Crippen LogP contribution in [0, 0.1) is 5.92 Å². The summed E-state index contributed by atoms with van der Waals surface area (Å²) in [5.74, 6) is 1.14. The molecule has 0 aliphatic carbocycles. The van der Waals surface area contributed by atoms with Crippen molar-refractivity contribution in [2.24, 2.45) is 5.92 Å². The molecule has 2 aliphatic heterocycles. The van der Waals surface area contributed by atoms with E-state index in [1.165, 1.54) is 0 Å². The third-order valence-corrected chi connectivity index (χ3v) is 5.05. The summed E-state index contributed by atoms with van der Waals surface area (Å²) in [6.07, 6.45) is 1.79. The van der Waals surface area contributed by atoms with Crippen LogP contribution in [0.2, 0.25) is 0 Å². The van der Waals surface area contributed by atoms with Crippen molar-refractivity contribution < 1.29 is 4.79 Å². The lowest BCUT2D eigenvalue weighted by Gasteiger charge is -2.10. The number of hydrogen-bond acceptors (Lipinski definition) is 2. The standard InChI is InChI=1S/C9H14INO/c1-3-7(12)9-4-6(2)8(10)11(9)5-9/h6,8H,3-5H2,1-2H3/t6-,8+,9?,11?/m1/s1. The van der Waals surface area contributed by atoms with E-state index in [2.05, 4.69) is 34.4 Å². The molecule has 0 aromatic carbocycles. The van der Waals surface area contributed by atoms with Gasteiger partial charge in [-0.15, -0.1) is 0 Å². The van der Waals surface area contributed by atoms with Crippen LogP contribution in [0.25, 0.3) is 0 Å². The highest BCUT2D eigenvalue weighted by molar-refractivity contribution is 14.1. The average molecular weight is 279 g/mol. The van der Waals surface area contributed by atoms with Crippen LogP contribution in [0.3, 0.4) is 0 Å². The molecule has 2 fully saturated rings. The highest BCUT2D eigenvalue weighted by Gasteiger charge is 2.65. The number of alkyl halides is 1. The molecule has 2 heterocycles. The zero-order valence-corrected chi connectivity index (χ0v) is 9.67. The highest BCUT2D eigenvalue weighted by atomic mass is 127. The Morgan fingerprint density at radius 2 is 2.42 bits per heavy atom. The van der Waals surface area contributed by atoms with Gasteiger partial charge in [-0.1, -0.05) is 36.4 Å². The molecule has 3 heteroatoms. The van der Waals surface area contributed by atoms with Gasteiger partial charge in [-0.2, -0.15) is 0 Å². The summed E-state index contributed by atoms with van der Waals surface area (Å²) in [5.41, 5.74) is 0.0000231. The molecule has 0 aromatic heterocycles. The number of Topliss-reactive ketones (excluding diaryl/α,β-unsaturated/α-hetero) is 1. The van der Waals surface area contributed by atoms with E-state index < -0.39 is 0 Å². The minimum absolute atomic E-state index is 0.0000231. The Morgan fingerprint density at radius 3 is 2.83 bits per heavy atom. The minimum atomic E-state index is 0.0000231. The second kappa shape index (κ2) is 2.67. The average Bonchev–Trinajstić information content (AvgIpc) is 2.72. The fraction of sp³-hybridized carbons (Fsp3) is 0.889. The fourth-order valence-corrected chi connectivity index (χ4v) is 3.36. The molecule has 0 N–H and O–H groups in total. The predicted octanol–water partition coefficient (Wildman–Crippen LogP) is 1.82. The number of carbonyl (C=O) groups excluding carboxylic acids is 1. The Hall–Kier alpha value is 0.360. The van der Waals surface area contributed by atoms with Gasteiger partial charge in [0.15, 0.2) is 5.78 Å². The third kappa shape index (κ3) is 0.985. The molecule has 2 rings (SSSR count). The van der Waals surface area contributed by atoms with Gasteiger partial charge >= 0.3 is 0 Å². The first-order valence-electron chi connectivity index (χ1n) is 4.56. The van der Waals surface area contributed by atoms with Gasteiger partial charge in [0.25, 0.3) is 0 Å². The molecule has 4 atom stereocenters. The maximum Gasteiger partial charge on any atom is 0.154 e. The van der Waals surface area contributed by atoms with Gasteiger partial charge in [0.05, 0.1) is 9.59 Å². The Morgan fingerprint density at radius 1 is 1.75 bits per heavy atom. The lowest BCUT2D eigenvalue weighted by molar-refractivity contribution is -0.121. The van der Waals surface area contributed by atoms with Crippen LogP contribution < -0.4 is 0 Å². The first-order chi connectivity index (χ1) is 5.62. The largest absolute Gasteiger partial charge is 0.298 e. The number of fused-ring (bicyclic) bond motifs is 1. The lowest BCUT2D eigenvalue weighted by Crippen LogP contribution is -2.25. The van der Waals surface area contributed by atoms with Gasteiger partial charge < -0.3 is 0 Å². The van der Waals surface area contributed by atoms with Gasteiger partial charge in [0.2, 0.25) is 0 Å². The molecule has 0 spiro atoms. The smallest absolute Gasteiger partial charge is 0.154 e. The van der Waals surface area contributed by atoms with Crippen LogP contribution in [-0.2, 0) is 4.79 Å². The number of rotatable bonds is 2. The summed E-state index contributed by atoms with van der Waals surface area (Å²) in [5, 5.41) is 0. The summed E-state index contributed by atoms with van der Waals surface area (Å²) in [4.78, 5) is 14.0. The number of hydrogen-bond donors (Lipinski definition) is 0. The van der Waals surface area contributed by atoms with E-state index in [0.717, 1.165) is 13.0 Å². The molecule has 0 amide bonds. The van der Waals surface area contributed by atoms with E-state index >= 15 is 0 Å². The van der Waals surface area contributed by atoms with Gasteiger partial charge in [-0.3, -0.25) is 9.69 Å². The molecule has 12 heavy (non-hydrogen) atoms. The Kier molecular flexibility index (Phi) is 1.99. The molecular weight excluding hydrogens is 265 g/mol. The van der Waals surface area contributed by atoms with Crippen molar-refractivity contribution in [2.75, 3.05) is 6.54 Å². The van der Waals surface area contributed by atoms with Crippen LogP contribution in [-0.4, -0.2) is 26.8 Å². The molecule has 0 bridgehead atoms. The summed E-state index contributed by atoms with van der Waals surface area (Å²) in [7, 11) is 0. The monoisotopic (exact) mass is 279 g/mol. The number of halogens is 1. The van der Waals surface area contributed by atoms with Gasteiger partial charge in [0.1, 0.15) is 0 Å². The van der Waals surface area contributed by atoms with E-state index in [0.29, 0.717) is 22.2 Å². The van der Waals surface area contributed by atoms with Crippen molar-refractivity contribution in [1.82, 2.24) is 4.90 Å². The quantitative estimate of drug-likeness (QED) is 0.332. The summed E-state index contributed by atoms with van der Waals surface area (Å²) < 4.78 is 0.595. The highest BCUT2D eigenvalue weighted by Crippen LogP contribution is 2.52. The maximum absolute atomic E-state index is 11.6. The Labute approximate surface area is 86.8 Å². The molecule has 68 valence electrons. The Bertz CT molecular complexity index is 231. The zero-order valence-electron chi connectivity index (χ0n) is 7.51. The van der Waals surface area contributed by atoms with E-state index in [4.69, 9.17) is 0 Å². The van der Waals surface area contributed by atoms with E-state index in [9.17, 15) is 4.79 Å². The van der Waals surface area contributed by atoms with Gasteiger partial charge in [-0.05, 0) is 12.3 Å². The predicted molar refractivity (Wildman–Crippen MR) is 56.3 cm³/mol. The van der Waals surface area contributed by atoms with E-state index in [1.807, 2.05) is 6.92 Å². The normalized spacial score (nSPS) is 50.4. The number of carbonyl (C=O) groups is 1. The number of ketones is 1. The zero-order chi connectivity index (χ0) is 8.93. The molecule has 0 saturated carbocycles. The fourth-order valence-electron chi connectivity index (χ4n) is 2.38. The van der Waals surface area contributed by atoms with Crippen molar-refractivity contribution in [1.29, 1.82) is 0 Å². The van der Waals surface area contributed by atoms with Crippen LogP contribution in [0.5, 0.6) is 0 Å². The number of nitrogens with zero attached hydrogens (tertiary/aromatic N) is 1. The first kappa shape index (κ1) is 8.94. The molecule has 2 aliphatic rings. The van der Waals surface area contributed by atoms with Crippen LogP contribution in [0.1, 0.15) is 26.7 Å². The maximum atomic E-state index is 11.6. The molecule has 0 aromatic rings. The second-order valence-electron chi connectivity index (χ2n) is 3.99. The first-order valence-corrected chi connectivity index (χ1v) is 5.80. The van der Waals surface area contributed by atoms with Crippen LogP contribution in [0.15, 0.2) is 0 Å². The SMILES string of the molecule is CCC(=O)C12C[C@@H](C)[C@@H](I)N1C2.